The van der Waals surface area contributed by atoms with Crippen molar-refractivity contribution < 1.29 is 33.8 Å². The molecule has 5 rings (SSSR count). The first kappa shape index (κ1) is 27.4. The van der Waals surface area contributed by atoms with E-state index in [2.05, 4.69) is 5.32 Å². The van der Waals surface area contributed by atoms with Gasteiger partial charge in [0.1, 0.15) is 23.7 Å². The van der Waals surface area contributed by atoms with Crippen LogP contribution in [0.25, 0.3) is 0 Å². The summed E-state index contributed by atoms with van der Waals surface area (Å²) < 4.78 is 12.3. The number of nitrogens with one attached hydrogen (secondary N) is 1. The Morgan fingerprint density at radius 2 is 1.95 bits per heavy atom. The monoisotopic (exact) mass is 557 g/mol. The molecule has 1 spiro atoms. The minimum absolute atomic E-state index is 0.113. The standard InChI is InChI=1S/C28H32ClN3O7/c1-17-16-30-21(34)11-5-4-10-20-22(27(37)38-17)23-25(35)32(14-7-15-33)24-26(36)31(13-6-12-28(23,24)39-20)19-9-3-2-8-18(19)29/h2-4,6,8-10,12,17,20,22-24,33H,5,7,11,13-16H2,1H3,(H,30,34)/b10-4-/t17-,20-,22+,23+,24-,28+/m1/s1. The van der Waals surface area contributed by atoms with E-state index in [4.69, 9.17) is 21.1 Å². The molecule has 1 aromatic carbocycles. The fraction of sp³-hybridized carbons (Fsp3) is 0.500. The predicted molar refractivity (Wildman–Crippen MR) is 142 cm³/mol. The molecule has 0 radical (unpaired) electrons. The van der Waals surface area contributed by atoms with Gasteiger partial charge in [0.2, 0.25) is 11.8 Å². The van der Waals surface area contributed by atoms with Crippen LogP contribution in [-0.4, -0.2) is 83.8 Å². The van der Waals surface area contributed by atoms with Crippen molar-refractivity contribution in [1.29, 1.82) is 0 Å². The van der Waals surface area contributed by atoms with Gasteiger partial charge < -0.3 is 29.7 Å². The van der Waals surface area contributed by atoms with Crippen molar-refractivity contribution in [2.75, 3.05) is 31.1 Å². The molecule has 0 bridgehead atoms. The SMILES string of the molecule is C[C@@H]1CNC(=O)CC/C=C\[C@H]2O[C@]34C=CCN(c5ccccc5Cl)C(=O)[C@H]3N(CCCO)C(=O)[C@@H]4[C@H]2C(=O)O1. The van der Waals surface area contributed by atoms with Crippen LogP contribution in [0.15, 0.2) is 48.6 Å². The van der Waals surface area contributed by atoms with Crippen LogP contribution < -0.4 is 10.2 Å². The number of para-hydroxylation sites is 1. The molecular weight excluding hydrogens is 526 g/mol. The largest absolute Gasteiger partial charge is 0.460 e. The number of allylic oxidation sites excluding steroid dienone is 1. The number of amides is 3. The third kappa shape index (κ3) is 4.85. The molecular formula is C28H32ClN3O7. The number of benzene rings is 1. The zero-order valence-electron chi connectivity index (χ0n) is 21.6. The number of likely N-dealkylation sites (tertiary alicyclic amines) is 1. The maximum atomic E-state index is 14.3. The maximum absolute atomic E-state index is 14.3. The number of esters is 1. The molecule has 2 fully saturated rings. The number of hydrogen-bond donors (Lipinski definition) is 2. The lowest BCUT2D eigenvalue weighted by Crippen LogP contribution is -2.55. The van der Waals surface area contributed by atoms with Crippen LogP contribution in [0.5, 0.6) is 0 Å². The Bertz CT molecular complexity index is 1220. The van der Waals surface area contributed by atoms with Gasteiger partial charge >= 0.3 is 5.97 Å². The molecule has 2 N–H and O–H groups in total. The summed E-state index contributed by atoms with van der Waals surface area (Å²) in [6, 6.07) is 5.88. The number of cyclic esters (lactones) is 1. The Labute approximate surface area is 231 Å². The second kappa shape index (κ2) is 11.1. The number of halogens is 1. The summed E-state index contributed by atoms with van der Waals surface area (Å²) >= 11 is 6.45. The van der Waals surface area contributed by atoms with Gasteiger partial charge in [0, 0.05) is 26.1 Å². The number of hydrogen-bond acceptors (Lipinski definition) is 7. The molecule has 11 heteroatoms. The van der Waals surface area contributed by atoms with Gasteiger partial charge in [-0.3, -0.25) is 19.2 Å². The van der Waals surface area contributed by atoms with E-state index in [1.807, 2.05) is 0 Å². The molecule has 0 saturated carbocycles. The molecule has 4 aliphatic rings. The molecule has 2 saturated heterocycles. The summed E-state index contributed by atoms with van der Waals surface area (Å²) in [5.41, 5.74) is -0.936. The van der Waals surface area contributed by atoms with Gasteiger partial charge in [0.25, 0.3) is 5.91 Å². The van der Waals surface area contributed by atoms with Crippen LogP contribution in [0.2, 0.25) is 5.02 Å². The predicted octanol–water partition coefficient (Wildman–Crippen LogP) is 1.60. The lowest BCUT2D eigenvalue weighted by Gasteiger charge is -2.35. The van der Waals surface area contributed by atoms with Crippen molar-refractivity contribution in [2.24, 2.45) is 11.8 Å². The fourth-order valence-electron chi connectivity index (χ4n) is 6.03. The Hall–Kier alpha value is -3.21. The minimum atomic E-state index is -1.43. The van der Waals surface area contributed by atoms with E-state index in [-0.39, 0.29) is 50.9 Å². The van der Waals surface area contributed by atoms with E-state index in [1.54, 1.807) is 55.5 Å². The van der Waals surface area contributed by atoms with E-state index in [1.165, 1.54) is 9.80 Å². The molecule has 6 atom stereocenters. The number of rotatable bonds is 4. The summed E-state index contributed by atoms with van der Waals surface area (Å²) in [6.07, 6.45) is 6.42. The van der Waals surface area contributed by atoms with E-state index in [0.717, 1.165) is 0 Å². The number of aliphatic hydroxyl groups excluding tert-OH is 1. The first-order valence-corrected chi connectivity index (χ1v) is 13.6. The van der Waals surface area contributed by atoms with Crippen LogP contribution >= 0.6 is 11.6 Å². The highest BCUT2D eigenvalue weighted by Crippen LogP contribution is 2.53. The third-order valence-electron chi connectivity index (χ3n) is 7.73. The highest BCUT2D eigenvalue weighted by molar-refractivity contribution is 6.34. The molecule has 4 heterocycles. The zero-order valence-corrected chi connectivity index (χ0v) is 22.4. The number of carbonyl (C=O) groups excluding carboxylic acids is 4. The quantitative estimate of drug-likeness (QED) is 0.425. The third-order valence-corrected chi connectivity index (χ3v) is 8.05. The molecule has 0 unspecified atom stereocenters. The van der Waals surface area contributed by atoms with Crippen molar-refractivity contribution >= 4 is 41.0 Å². The van der Waals surface area contributed by atoms with Crippen LogP contribution in [-0.2, 0) is 28.7 Å². The van der Waals surface area contributed by atoms with Crippen molar-refractivity contribution in [3.63, 3.8) is 0 Å². The number of ether oxygens (including phenoxy) is 2. The first-order valence-electron chi connectivity index (χ1n) is 13.2. The van der Waals surface area contributed by atoms with Crippen LogP contribution in [0.1, 0.15) is 26.2 Å². The highest BCUT2D eigenvalue weighted by Gasteiger charge is 2.71. The minimum Gasteiger partial charge on any atom is -0.460 e. The van der Waals surface area contributed by atoms with E-state index >= 15 is 0 Å². The number of fused-ring (bicyclic) bond motifs is 2. The number of nitrogens with zero attached hydrogens (tertiary/aromatic N) is 2. The highest BCUT2D eigenvalue weighted by atomic mass is 35.5. The topological polar surface area (TPSA) is 125 Å². The second-order valence-electron chi connectivity index (χ2n) is 10.3. The van der Waals surface area contributed by atoms with Gasteiger partial charge in [-0.05, 0) is 31.9 Å². The number of carbonyl (C=O) groups is 4. The summed E-state index contributed by atoms with van der Waals surface area (Å²) in [5, 5.41) is 12.7. The van der Waals surface area contributed by atoms with Gasteiger partial charge in [-0.2, -0.15) is 0 Å². The normalized spacial score (nSPS) is 33.8. The zero-order chi connectivity index (χ0) is 27.7. The van der Waals surface area contributed by atoms with Gasteiger partial charge in [-0.15, -0.1) is 0 Å². The average Bonchev–Trinajstić information content (AvgIpc) is 3.29. The molecule has 4 aliphatic heterocycles. The molecule has 208 valence electrons. The molecule has 10 nitrogen and oxygen atoms in total. The van der Waals surface area contributed by atoms with E-state index in [9.17, 15) is 24.3 Å². The molecule has 39 heavy (non-hydrogen) atoms. The molecule has 0 aliphatic carbocycles. The summed E-state index contributed by atoms with van der Waals surface area (Å²) in [6.45, 7) is 1.95. The van der Waals surface area contributed by atoms with Crippen molar-refractivity contribution in [3.05, 3.63) is 53.6 Å². The summed E-state index contributed by atoms with van der Waals surface area (Å²) in [7, 11) is 0. The lowest BCUT2D eigenvalue weighted by molar-refractivity contribution is -0.158. The summed E-state index contributed by atoms with van der Waals surface area (Å²) in [4.78, 5) is 56.9. The Morgan fingerprint density at radius 1 is 1.15 bits per heavy atom. The molecule has 0 aromatic heterocycles. The van der Waals surface area contributed by atoms with Gasteiger partial charge in [0.15, 0.2) is 0 Å². The van der Waals surface area contributed by atoms with Gasteiger partial charge in [0.05, 0.1) is 29.3 Å². The van der Waals surface area contributed by atoms with Crippen molar-refractivity contribution in [1.82, 2.24) is 10.2 Å². The second-order valence-corrected chi connectivity index (χ2v) is 10.7. The Balaban J connectivity index is 1.59. The smallest absolute Gasteiger partial charge is 0.313 e. The molecule has 3 amide bonds. The first-order chi connectivity index (χ1) is 18.8. The van der Waals surface area contributed by atoms with Gasteiger partial charge in [-0.1, -0.05) is 48.0 Å². The summed E-state index contributed by atoms with van der Waals surface area (Å²) in [5.74, 6) is -3.60. The van der Waals surface area contributed by atoms with Gasteiger partial charge in [-0.25, -0.2) is 0 Å². The molecule has 1 aromatic rings. The average molecular weight is 558 g/mol. The lowest BCUT2D eigenvalue weighted by atomic mass is 9.78. The van der Waals surface area contributed by atoms with Crippen molar-refractivity contribution in [3.8, 4) is 0 Å². The number of anilines is 1. The fourth-order valence-corrected chi connectivity index (χ4v) is 6.27. The number of aliphatic hydroxyl groups is 1. The Morgan fingerprint density at radius 3 is 2.72 bits per heavy atom. The van der Waals surface area contributed by atoms with Crippen LogP contribution in [0.4, 0.5) is 5.69 Å². The maximum Gasteiger partial charge on any atom is 0.313 e. The van der Waals surface area contributed by atoms with E-state index < -0.39 is 47.6 Å². The van der Waals surface area contributed by atoms with Crippen molar-refractivity contribution in [2.45, 2.75) is 50.0 Å². The van der Waals surface area contributed by atoms with Crippen LogP contribution in [0.3, 0.4) is 0 Å². The van der Waals surface area contributed by atoms with Crippen LogP contribution in [0, 0.1) is 11.8 Å². The Kier molecular flexibility index (Phi) is 7.80. The van der Waals surface area contributed by atoms with E-state index in [0.29, 0.717) is 17.1 Å².